The van der Waals surface area contributed by atoms with Crippen LogP contribution in [0.4, 0.5) is 0 Å². The maximum absolute atomic E-state index is 5.31. The molecule has 1 aromatic carbocycles. The molecule has 0 saturated carbocycles. The number of rotatable bonds is 4. The molecule has 74 valence electrons. The Labute approximate surface area is 84.2 Å². The highest BCUT2D eigenvalue weighted by Gasteiger charge is 2.40. The summed E-state index contributed by atoms with van der Waals surface area (Å²) in [5, 5.41) is 0. The fraction of sp³-hybridized carbons (Fsp3) is 0.333. The predicted molar refractivity (Wildman–Crippen MR) is 55.0 cm³/mol. The molecule has 1 aliphatic heterocycles. The van der Waals surface area contributed by atoms with Crippen LogP contribution in [0.1, 0.15) is 17.2 Å². The smallest absolute Gasteiger partial charge is 0.188 e. The van der Waals surface area contributed by atoms with E-state index in [9.17, 15) is 0 Å². The van der Waals surface area contributed by atoms with Gasteiger partial charge in [0.25, 0.3) is 0 Å². The van der Waals surface area contributed by atoms with Gasteiger partial charge in [-0.05, 0) is 17.5 Å². The second kappa shape index (κ2) is 3.95. The summed E-state index contributed by atoms with van der Waals surface area (Å²) < 4.78 is 10.4. The van der Waals surface area contributed by atoms with Crippen molar-refractivity contribution in [2.24, 2.45) is 0 Å². The number of benzene rings is 1. The summed E-state index contributed by atoms with van der Waals surface area (Å²) in [5.74, 6) is 0. The third-order valence-corrected chi connectivity index (χ3v) is 2.37. The minimum atomic E-state index is -0.0414. The second-order valence-corrected chi connectivity index (χ2v) is 3.40. The minimum absolute atomic E-state index is 0.0414. The Morgan fingerprint density at radius 2 is 2.14 bits per heavy atom. The molecule has 0 spiro atoms. The van der Waals surface area contributed by atoms with E-state index in [0.717, 1.165) is 6.42 Å². The van der Waals surface area contributed by atoms with Gasteiger partial charge in [-0.2, -0.15) is 0 Å². The number of ether oxygens (including phenoxy) is 2. The number of allylic oxidation sites excluding steroid dienone is 1. The minimum Gasteiger partial charge on any atom is -0.353 e. The summed E-state index contributed by atoms with van der Waals surface area (Å²) in [4.78, 5) is 0. The van der Waals surface area contributed by atoms with Crippen molar-refractivity contribution in [1.29, 1.82) is 0 Å². The molecule has 0 bridgehead atoms. The molecule has 14 heavy (non-hydrogen) atoms. The first-order valence-corrected chi connectivity index (χ1v) is 4.73. The van der Waals surface area contributed by atoms with Crippen LogP contribution in [0.5, 0.6) is 0 Å². The maximum Gasteiger partial charge on any atom is 0.188 e. The molecular formula is C12H14O2. The highest BCUT2D eigenvalue weighted by molar-refractivity contribution is 5.27. The van der Waals surface area contributed by atoms with Crippen LogP contribution in [0.2, 0.25) is 0 Å². The van der Waals surface area contributed by atoms with E-state index < -0.39 is 0 Å². The van der Waals surface area contributed by atoms with Gasteiger partial charge in [0.15, 0.2) is 6.29 Å². The number of hydrogen-bond acceptors (Lipinski definition) is 2. The Kier molecular flexibility index (Phi) is 2.66. The number of epoxide rings is 1. The largest absolute Gasteiger partial charge is 0.353 e. The summed E-state index contributed by atoms with van der Waals surface area (Å²) in [6, 6.07) is 8.38. The van der Waals surface area contributed by atoms with Crippen molar-refractivity contribution in [3.8, 4) is 0 Å². The van der Waals surface area contributed by atoms with E-state index >= 15 is 0 Å². The van der Waals surface area contributed by atoms with Gasteiger partial charge in [-0.1, -0.05) is 30.3 Å². The zero-order valence-corrected chi connectivity index (χ0v) is 8.27. The molecule has 0 amide bonds. The molecule has 0 radical (unpaired) electrons. The molecule has 1 saturated heterocycles. The van der Waals surface area contributed by atoms with Crippen molar-refractivity contribution in [2.75, 3.05) is 7.11 Å². The van der Waals surface area contributed by atoms with E-state index in [1.165, 1.54) is 11.1 Å². The van der Waals surface area contributed by atoms with Crippen molar-refractivity contribution >= 4 is 0 Å². The summed E-state index contributed by atoms with van der Waals surface area (Å²) in [6.07, 6.45) is 2.91. The van der Waals surface area contributed by atoms with Gasteiger partial charge in [0, 0.05) is 7.11 Å². The highest BCUT2D eigenvalue weighted by atomic mass is 16.8. The van der Waals surface area contributed by atoms with Crippen LogP contribution in [-0.2, 0) is 15.9 Å². The van der Waals surface area contributed by atoms with Gasteiger partial charge < -0.3 is 9.47 Å². The SMILES string of the molecule is C=CCc1ccc(C2OC2OC)cc1. The molecule has 1 aromatic rings. The van der Waals surface area contributed by atoms with E-state index in [-0.39, 0.29) is 12.4 Å². The summed E-state index contributed by atoms with van der Waals surface area (Å²) in [6.45, 7) is 3.71. The number of hydrogen-bond donors (Lipinski definition) is 0. The van der Waals surface area contributed by atoms with E-state index in [2.05, 4.69) is 30.8 Å². The molecule has 2 unspecified atom stereocenters. The lowest BCUT2D eigenvalue weighted by Gasteiger charge is -1.98. The highest BCUT2D eigenvalue weighted by Crippen LogP contribution is 2.38. The third-order valence-electron chi connectivity index (χ3n) is 2.37. The van der Waals surface area contributed by atoms with Gasteiger partial charge in [0.1, 0.15) is 6.10 Å². The molecule has 1 aliphatic rings. The lowest BCUT2D eigenvalue weighted by molar-refractivity contribution is 0.0950. The monoisotopic (exact) mass is 190 g/mol. The van der Waals surface area contributed by atoms with Gasteiger partial charge in [0.05, 0.1) is 0 Å². The standard InChI is InChI=1S/C12H14O2/c1-3-4-9-5-7-10(8-6-9)11-12(13-2)14-11/h3,5-8,11-12H,1,4H2,2H3. The van der Waals surface area contributed by atoms with Crippen molar-refractivity contribution in [3.05, 3.63) is 48.0 Å². The summed E-state index contributed by atoms with van der Waals surface area (Å²) in [5.41, 5.74) is 2.46. The first-order chi connectivity index (χ1) is 6.85. The van der Waals surface area contributed by atoms with Crippen LogP contribution < -0.4 is 0 Å². The fourth-order valence-electron chi connectivity index (χ4n) is 1.52. The van der Waals surface area contributed by atoms with Gasteiger partial charge in [0.2, 0.25) is 0 Å². The zero-order chi connectivity index (χ0) is 9.97. The first-order valence-electron chi connectivity index (χ1n) is 4.73. The van der Waals surface area contributed by atoms with Crippen LogP contribution in [0.25, 0.3) is 0 Å². The van der Waals surface area contributed by atoms with Crippen LogP contribution in [-0.4, -0.2) is 13.4 Å². The van der Waals surface area contributed by atoms with E-state index in [0.29, 0.717) is 0 Å². The molecular weight excluding hydrogens is 176 g/mol. The van der Waals surface area contributed by atoms with E-state index in [4.69, 9.17) is 9.47 Å². The van der Waals surface area contributed by atoms with Gasteiger partial charge in [-0.25, -0.2) is 0 Å². The van der Waals surface area contributed by atoms with Crippen LogP contribution in [0, 0.1) is 0 Å². The second-order valence-electron chi connectivity index (χ2n) is 3.40. The number of methoxy groups -OCH3 is 1. The lowest BCUT2D eigenvalue weighted by atomic mass is 10.1. The molecule has 0 aromatic heterocycles. The van der Waals surface area contributed by atoms with Gasteiger partial charge in [-0.15, -0.1) is 6.58 Å². The van der Waals surface area contributed by atoms with Crippen molar-refractivity contribution in [1.82, 2.24) is 0 Å². The molecule has 0 N–H and O–H groups in total. The summed E-state index contributed by atoms with van der Waals surface area (Å²) in [7, 11) is 1.66. The Balaban J connectivity index is 2.04. The Morgan fingerprint density at radius 1 is 1.43 bits per heavy atom. The normalized spacial score (nSPS) is 24.6. The Morgan fingerprint density at radius 3 is 2.64 bits per heavy atom. The van der Waals surface area contributed by atoms with Crippen molar-refractivity contribution in [2.45, 2.75) is 18.8 Å². The molecule has 2 rings (SSSR count). The fourth-order valence-corrected chi connectivity index (χ4v) is 1.52. The van der Waals surface area contributed by atoms with E-state index in [1.54, 1.807) is 7.11 Å². The first kappa shape index (κ1) is 9.44. The van der Waals surface area contributed by atoms with Crippen molar-refractivity contribution in [3.63, 3.8) is 0 Å². The summed E-state index contributed by atoms with van der Waals surface area (Å²) >= 11 is 0. The molecule has 1 heterocycles. The lowest BCUT2D eigenvalue weighted by Crippen LogP contribution is -1.91. The molecule has 0 aliphatic carbocycles. The molecule has 2 atom stereocenters. The molecule has 2 nitrogen and oxygen atoms in total. The van der Waals surface area contributed by atoms with Crippen LogP contribution >= 0.6 is 0 Å². The zero-order valence-electron chi connectivity index (χ0n) is 8.27. The average molecular weight is 190 g/mol. The Hall–Kier alpha value is -1.12. The quantitative estimate of drug-likeness (QED) is 0.537. The van der Waals surface area contributed by atoms with Crippen LogP contribution in [0.15, 0.2) is 36.9 Å². The molecule has 2 heteroatoms. The predicted octanol–water partition coefficient (Wildman–Crippen LogP) is 2.46. The van der Waals surface area contributed by atoms with E-state index in [1.807, 2.05) is 6.08 Å². The van der Waals surface area contributed by atoms with Gasteiger partial charge >= 0.3 is 0 Å². The average Bonchev–Trinajstić information content (AvgIpc) is 2.99. The molecule has 1 fully saturated rings. The van der Waals surface area contributed by atoms with Crippen molar-refractivity contribution < 1.29 is 9.47 Å². The Bertz CT molecular complexity index is 316. The maximum atomic E-state index is 5.31. The van der Waals surface area contributed by atoms with Crippen LogP contribution in [0.3, 0.4) is 0 Å². The van der Waals surface area contributed by atoms with Gasteiger partial charge in [-0.3, -0.25) is 0 Å². The topological polar surface area (TPSA) is 21.8 Å². The third kappa shape index (κ3) is 1.86.